The van der Waals surface area contributed by atoms with E-state index in [1.54, 1.807) is 6.92 Å². The first-order valence-electron chi connectivity index (χ1n) is 12.1. The van der Waals surface area contributed by atoms with Crippen molar-refractivity contribution in [3.05, 3.63) is 41.5 Å². The van der Waals surface area contributed by atoms with E-state index < -0.39 is 23.6 Å². The molecule has 1 fully saturated rings. The van der Waals surface area contributed by atoms with Gasteiger partial charge < -0.3 is 25.2 Å². The van der Waals surface area contributed by atoms with Gasteiger partial charge >= 0.3 is 6.36 Å². The van der Waals surface area contributed by atoms with Crippen LogP contribution in [0.15, 0.2) is 30.3 Å². The van der Waals surface area contributed by atoms with Crippen molar-refractivity contribution in [2.24, 2.45) is 0 Å². The molecule has 2 aliphatic rings. The van der Waals surface area contributed by atoms with Crippen LogP contribution in [-0.4, -0.2) is 55.1 Å². The maximum atomic E-state index is 13.4. The molecule has 10 heteroatoms. The van der Waals surface area contributed by atoms with Crippen molar-refractivity contribution in [1.82, 2.24) is 4.90 Å². The number of ether oxygens (including phenoxy) is 2. The Labute approximate surface area is 215 Å². The van der Waals surface area contributed by atoms with E-state index in [0.29, 0.717) is 17.8 Å². The normalized spacial score (nSPS) is 19.3. The van der Waals surface area contributed by atoms with Crippen LogP contribution in [0.1, 0.15) is 51.1 Å². The molecule has 0 radical (unpaired) electrons. The Bertz CT molecular complexity index is 1240. The summed E-state index contributed by atoms with van der Waals surface area (Å²) in [5, 5.41) is 16.6. The summed E-state index contributed by atoms with van der Waals surface area (Å²) in [6, 6.07) is 6.98. The summed E-state index contributed by atoms with van der Waals surface area (Å²) >= 11 is 0. The lowest BCUT2D eigenvalue weighted by Crippen LogP contribution is -2.52. The van der Waals surface area contributed by atoms with Crippen LogP contribution in [0, 0.1) is 11.8 Å². The molecular formula is C27H32F3N3O4. The molecule has 1 aliphatic carbocycles. The maximum absolute atomic E-state index is 13.4. The number of rotatable bonds is 5. The van der Waals surface area contributed by atoms with Crippen molar-refractivity contribution in [2.45, 2.75) is 50.5 Å². The molecule has 2 aromatic carbocycles. The van der Waals surface area contributed by atoms with Crippen molar-refractivity contribution >= 4 is 17.3 Å². The zero-order valence-corrected chi connectivity index (χ0v) is 21.0. The van der Waals surface area contributed by atoms with Gasteiger partial charge in [-0.3, -0.25) is 9.69 Å². The third-order valence-electron chi connectivity index (χ3n) is 6.44. The summed E-state index contributed by atoms with van der Waals surface area (Å²) in [5.74, 6) is 5.88. The van der Waals surface area contributed by atoms with Gasteiger partial charge in [-0.15, -0.1) is 13.2 Å². The average Bonchev–Trinajstić information content (AvgIpc) is 3.34. The minimum absolute atomic E-state index is 0. The van der Waals surface area contributed by atoms with Crippen LogP contribution in [0.25, 0.3) is 0 Å². The summed E-state index contributed by atoms with van der Waals surface area (Å²) < 4.78 is 47.5. The van der Waals surface area contributed by atoms with Crippen LogP contribution in [0.4, 0.5) is 24.5 Å². The minimum Gasteiger partial charge on any atom is -0.508 e. The molecule has 3 N–H and O–H groups in total. The summed E-state index contributed by atoms with van der Waals surface area (Å²) in [4.78, 5) is 15.3. The second-order valence-electron chi connectivity index (χ2n) is 9.82. The van der Waals surface area contributed by atoms with E-state index in [-0.39, 0.29) is 31.1 Å². The largest absolute Gasteiger partial charge is 0.573 e. The van der Waals surface area contributed by atoms with E-state index in [9.17, 15) is 23.1 Å². The van der Waals surface area contributed by atoms with Gasteiger partial charge in [0.15, 0.2) is 0 Å². The van der Waals surface area contributed by atoms with E-state index in [1.165, 1.54) is 18.2 Å². The predicted octanol–water partition coefficient (Wildman–Crippen LogP) is 5.31. The smallest absolute Gasteiger partial charge is 0.508 e. The Hall–Kier alpha value is -3.58. The van der Waals surface area contributed by atoms with Crippen LogP contribution in [0.3, 0.4) is 0 Å². The number of aromatic hydroxyl groups is 1. The minimum atomic E-state index is -4.82. The molecule has 1 aliphatic heterocycles. The zero-order chi connectivity index (χ0) is 26.8. The Kier molecular flexibility index (Phi) is 7.46. The predicted molar refractivity (Wildman–Crippen MR) is 136 cm³/mol. The number of nitrogens with zero attached hydrogens (tertiary/aromatic N) is 1. The van der Waals surface area contributed by atoms with Gasteiger partial charge in [0.05, 0.1) is 24.5 Å². The van der Waals surface area contributed by atoms with Gasteiger partial charge in [-0.25, -0.2) is 0 Å². The molecule has 0 bridgehead atoms. The van der Waals surface area contributed by atoms with Crippen LogP contribution < -0.4 is 20.1 Å². The molecule has 0 aromatic heterocycles. The summed E-state index contributed by atoms with van der Waals surface area (Å²) in [5.41, 5.74) is 0.683. The third kappa shape index (κ3) is 6.41. The summed E-state index contributed by atoms with van der Waals surface area (Å²) in [6.45, 7) is 2.09. The lowest BCUT2D eigenvalue weighted by atomic mass is 9.93. The zero-order valence-electron chi connectivity index (χ0n) is 21.0. The number of alkyl halides is 3. The fourth-order valence-corrected chi connectivity index (χ4v) is 4.53. The SMILES string of the molecule is CN(C)CC#Cc1cc(C2CCCC2)c(O)cc1NC(=O)C1(C)CNc2cc(OC(F)(F)F)ccc2O1.[HH]. The van der Waals surface area contributed by atoms with Crippen LogP contribution >= 0.6 is 0 Å². The van der Waals surface area contributed by atoms with E-state index in [4.69, 9.17) is 4.74 Å². The van der Waals surface area contributed by atoms with Crippen LogP contribution in [-0.2, 0) is 4.79 Å². The quantitative estimate of drug-likeness (QED) is 0.465. The number of phenolic OH excluding ortho intramolecular Hbond substituents is 1. The second-order valence-corrected chi connectivity index (χ2v) is 9.82. The topological polar surface area (TPSA) is 83.1 Å². The molecule has 37 heavy (non-hydrogen) atoms. The molecule has 4 rings (SSSR count). The number of carbonyl (C=O) groups excluding carboxylic acids is 1. The van der Waals surface area contributed by atoms with Gasteiger partial charge in [0.1, 0.15) is 17.2 Å². The fraction of sp³-hybridized carbons (Fsp3) is 0.444. The van der Waals surface area contributed by atoms with Crippen molar-refractivity contribution in [1.29, 1.82) is 0 Å². The molecule has 0 saturated heterocycles. The number of phenols is 1. The number of hydrogen-bond donors (Lipinski definition) is 3. The first-order valence-corrected chi connectivity index (χ1v) is 12.1. The van der Waals surface area contributed by atoms with E-state index >= 15 is 0 Å². The fourth-order valence-electron chi connectivity index (χ4n) is 4.53. The lowest BCUT2D eigenvalue weighted by molar-refractivity contribution is -0.274. The van der Waals surface area contributed by atoms with Crippen LogP contribution in [0.2, 0.25) is 0 Å². The molecule has 1 atom stereocenters. The van der Waals surface area contributed by atoms with Crippen molar-refractivity contribution in [3.63, 3.8) is 0 Å². The Morgan fingerprint density at radius 1 is 1.30 bits per heavy atom. The van der Waals surface area contributed by atoms with E-state index in [1.807, 2.05) is 25.1 Å². The van der Waals surface area contributed by atoms with Gasteiger partial charge in [-0.2, -0.15) is 0 Å². The molecule has 1 unspecified atom stereocenters. The molecule has 7 nitrogen and oxygen atoms in total. The van der Waals surface area contributed by atoms with Gasteiger partial charge in [0, 0.05) is 19.1 Å². The first kappa shape index (κ1) is 26.5. The third-order valence-corrected chi connectivity index (χ3v) is 6.44. The number of anilines is 2. The molecule has 200 valence electrons. The van der Waals surface area contributed by atoms with Gasteiger partial charge in [-0.1, -0.05) is 24.7 Å². The number of carbonyl (C=O) groups is 1. The molecule has 1 amide bonds. The molecular weight excluding hydrogens is 487 g/mol. The molecule has 1 saturated carbocycles. The number of amides is 1. The number of fused-ring (bicyclic) bond motifs is 1. The highest BCUT2D eigenvalue weighted by Crippen LogP contribution is 2.41. The number of nitrogens with one attached hydrogen (secondary N) is 2. The molecule has 1 heterocycles. The Morgan fingerprint density at radius 2 is 2.03 bits per heavy atom. The Balaban J connectivity index is 0.00000400. The van der Waals surface area contributed by atoms with Gasteiger partial charge in [0.25, 0.3) is 5.91 Å². The number of halogens is 3. The van der Waals surface area contributed by atoms with Crippen LogP contribution in [0.5, 0.6) is 17.2 Å². The second kappa shape index (κ2) is 10.4. The van der Waals surface area contributed by atoms with Gasteiger partial charge in [0.2, 0.25) is 5.60 Å². The maximum Gasteiger partial charge on any atom is 0.573 e. The van der Waals surface area contributed by atoms with E-state index in [2.05, 4.69) is 27.2 Å². The highest BCUT2D eigenvalue weighted by Gasteiger charge is 2.40. The molecule has 0 spiro atoms. The first-order chi connectivity index (χ1) is 17.4. The number of hydrogen-bond acceptors (Lipinski definition) is 6. The van der Waals surface area contributed by atoms with E-state index in [0.717, 1.165) is 37.3 Å². The van der Waals surface area contributed by atoms with Crippen molar-refractivity contribution in [2.75, 3.05) is 37.8 Å². The van der Waals surface area contributed by atoms with Crippen molar-refractivity contribution in [3.8, 4) is 29.1 Å². The average molecular weight is 520 g/mol. The monoisotopic (exact) mass is 519 g/mol. The summed E-state index contributed by atoms with van der Waals surface area (Å²) in [7, 11) is 3.81. The number of benzene rings is 2. The lowest BCUT2D eigenvalue weighted by Gasteiger charge is -2.35. The highest BCUT2D eigenvalue weighted by molar-refractivity contribution is 5.99. The summed E-state index contributed by atoms with van der Waals surface area (Å²) in [6.07, 6.45) is -0.603. The van der Waals surface area contributed by atoms with Gasteiger partial charge in [-0.05, 0) is 63.5 Å². The standard InChI is InChI=1S/C27H30F3N3O4.H2/c1-26(16-31-22-14-19(36-27(28,29)30)10-11-24(22)37-26)25(35)32-21-15-23(34)20(17-7-4-5-8-17)13-18(21)9-6-12-33(2)3;/h10-11,13-15,17,31,34H,4-5,7-8,12,16H2,1-3H3,(H,32,35);1H. The Morgan fingerprint density at radius 3 is 2.70 bits per heavy atom. The molecule has 2 aromatic rings. The van der Waals surface area contributed by atoms with Crippen molar-refractivity contribution < 1.29 is 34.0 Å². The highest BCUT2D eigenvalue weighted by atomic mass is 19.4.